The summed E-state index contributed by atoms with van der Waals surface area (Å²) in [6, 6.07) is 33.6. The van der Waals surface area contributed by atoms with E-state index in [4.69, 9.17) is 4.74 Å². The van der Waals surface area contributed by atoms with Crippen molar-refractivity contribution in [1.82, 2.24) is 14.2 Å². The summed E-state index contributed by atoms with van der Waals surface area (Å²) in [7, 11) is 0. The first-order valence-electron chi connectivity index (χ1n) is 11.4. The summed E-state index contributed by atoms with van der Waals surface area (Å²) >= 11 is 0. The molecule has 1 amide bonds. The topological polar surface area (TPSA) is 60.6 Å². The summed E-state index contributed by atoms with van der Waals surface area (Å²) < 4.78 is 9.79. The van der Waals surface area contributed by atoms with Crippen molar-refractivity contribution in [1.29, 1.82) is 0 Å². The number of hydrogen-bond donors (Lipinski definition) is 1. The number of aromatic nitrogens is 3. The smallest absolute Gasteiger partial charge is 0.263 e. The molecule has 0 fully saturated rings. The zero-order chi connectivity index (χ0) is 23.6. The molecule has 0 atom stereocenters. The van der Waals surface area contributed by atoms with E-state index in [0.29, 0.717) is 29.3 Å². The van der Waals surface area contributed by atoms with Gasteiger partial charge in [-0.1, -0.05) is 54.6 Å². The van der Waals surface area contributed by atoms with Crippen molar-refractivity contribution >= 4 is 28.0 Å². The molecule has 0 saturated carbocycles. The van der Waals surface area contributed by atoms with Crippen LogP contribution in [0.5, 0.6) is 5.88 Å². The minimum absolute atomic E-state index is 0.267. The van der Waals surface area contributed by atoms with Gasteiger partial charge in [0.25, 0.3) is 5.91 Å². The maximum atomic E-state index is 13.4. The fourth-order valence-corrected chi connectivity index (χ4v) is 4.25. The Morgan fingerprint density at radius 3 is 2.40 bits per heavy atom. The lowest BCUT2D eigenvalue weighted by Crippen LogP contribution is -2.13. The maximum Gasteiger partial charge on any atom is 0.263 e. The second-order valence-corrected chi connectivity index (χ2v) is 8.23. The van der Waals surface area contributed by atoms with Crippen LogP contribution < -0.4 is 10.1 Å². The lowest BCUT2D eigenvalue weighted by molar-refractivity contribution is 0.102. The number of benzene rings is 3. The summed E-state index contributed by atoms with van der Waals surface area (Å²) in [5.74, 6) is 0.0324. The van der Waals surface area contributed by atoms with E-state index in [1.54, 1.807) is 10.7 Å². The first kappa shape index (κ1) is 20.7. The molecule has 0 saturated heterocycles. The van der Waals surface area contributed by atoms with Crippen LogP contribution in [-0.4, -0.2) is 20.1 Å². The molecule has 0 radical (unpaired) electrons. The third kappa shape index (κ3) is 4.02. The van der Waals surface area contributed by atoms with Crippen LogP contribution in [0, 0.1) is 0 Å². The first-order chi connectivity index (χ1) is 17.3. The summed E-state index contributed by atoms with van der Waals surface area (Å²) in [6.07, 6.45) is 3.84. The average molecular weight is 459 g/mol. The van der Waals surface area contributed by atoms with E-state index in [-0.39, 0.29) is 5.91 Å². The maximum absolute atomic E-state index is 13.4. The molecule has 3 heterocycles. The van der Waals surface area contributed by atoms with Crippen molar-refractivity contribution < 1.29 is 9.53 Å². The largest absolute Gasteiger partial charge is 0.471 e. The van der Waals surface area contributed by atoms with Crippen molar-refractivity contribution in [3.05, 3.63) is 127 Å². The predicted octanol–water partition coefficient (Wildman–Crippen LogP) is 6.11. The molecule has 6 nitrogen and oxygen atoms in total. The Bertz CT molecular complexity index is 1640. The van der Waals surface area contributed by atoms with Crippen LogP contribution in [0.4, 0.5) is 5.69 Å². The standard InChI is InChI=1S/C29H22N4O2/c34-28(30-23-14-15-25-22(19-23)16-18-32(25)24-11-5-2-6-12-24)27-26-13-7-8-17-33(26)31-29(27)35-20-21-9-3-1-4-10-21/h1-19H,20H2,(H,30,34). The van der Waals surface area contributed by atoms with Crippen LogP contribution in [0.25, 0.3) is 22.1 Å². The monoisotopic (exact) mass is 458 g/mol. The van der Waals surface area contributed by atoms with Gasteiger partial charge in [-0.3, -0.25) is 4.79 Å². The molecule has 0 spiro atoms. The molecule has 3 aromatic heterocycles. The molecule has 0 unspecified atom stereocenters. The van der Waals surface area contributed by atoms with Gasteiger partial charge in [0, 0.05) is 29.2 Å². The normalized spacial score (nSPS) is 11.1. The third-order valence-corrected chi connectivity index (χ3v) is 5.94. The van der Waals surface area contributed by atoms with Gasteiger partial charge < -0.3 is 14.6 Å². The van der Waals surface area contributed by atoms with Gasteiger partial charge in [-0.15, -0.1) is 5.10 Å². The minimum atomic E-state index is -0.267. The second-order valence-electron chi connectivity index (χ2n) is 8.23. The Morgan fingerprint density at radius 1 is 0.800 bits per heavy atom. The SMILES string of the molecule is O=C(Nc1ccc2c(ccn2-c2ccccc2)c1)c1c(OCc2ccccc2)nn2ccccc12. The number of carbonyl (C=O) groups excluding carboxylic acids is 1. The fourth-order valence-electron chi connectivity index (χ4n) is 4.25. The number of amides is 1. The highest BCUT2D eigenvalue weighted by Gasteiger charge is 2.21. The first-order valence-corrected chi connectivity index (χ1v) is 11.4. The molecule has 0 aliphatic heterocycles. The molecule has 0 aliphatic rings. The fraction of sp³-hybridized carbons (Fsp3) is 0.0345. The molecular formula is C29H22N4O2. The van der Waals surface area contributed by atoms with Crippen LogP contribution in [0.3, 0.4) is 0 Å². The summed E-state index contributed by atoms with van der Waals surface area (Å²) in [5, 5.41) is 8.58. The van der Waals surface area contributed by atoms with E-state index < -0.39 is 0 Å². The average Bonchev–Trinajstić information content (AvgIpc) is 3.49. The highest BCUT2D eigenvalue weighted by Crippen LogP contribution is 2.27. The Hall–Kier alpha value is -4.84. The van der Waals surface area contributed by atoms with Gasteiger partial charge in [0.15, 0.2) is 0 Å². The Balaban J connectivity index is 1.30. The molecule has 3 aromatic carbocycles. The van der Waals surface area contributed by atoms with Crippen LogP contribution in [0.15, 0.2) is 116 Å². The zero-order valence-electron chi connectivity index (χ0n) is 18.8. The minimum Gasteiger partial charge on any atom is -0.471 e. The summed E-state index contributed by atoms with van der Waals surface area (Å²) in [5.41, 5.74) is 4.96. The lowest BCUT2D eigenvalue weighted by atomic mass is 10.2. The van der Waals surface area contributed by atoms with Crippen molar-refractivity contribution in [2.45, 2.75) is 6.61 Å². The molecule has 6 heteroatoms. The number of anilines is 1. The highest BCUT2D eigenvalue weighted by molar-refractivity contribution is 6.11. The van der Waals surface area contributed by atoms with Gasteiger partial charge in [-0.25, -0.2) is 4.52 Å². The molecular weight excluding hydrogens is 436 g/mol. The van der Waals surface area contributed by atoms with Gasteiger partial charge >= 0.3 is 0 Å². The molecule has 0 bridgehead atoms. The lowest BCUT2D eigenvalue weighted by Gasteiger charge is -2.09. The van der Waals surface area contributed by atoms with Gasteiger partial charge in [0.1, 0.15) is 12.2 Å². The molecule has 0 aliphatic carbocycles. The molecule has 170 valence electrons. The number of hydrogen-bond acceptors (Lipinski definition) is 3. The van der Waals surface area contributed by atoms with Crippen LogP contribution in [0.2, 0.25) is 0 Å². The predicted molar refractivity (Wildman–Crippen MR) is 137 cm³/mol. The van der Waals surface area contributed by atoms with Crippen molar-refractivity contribution in [2.75, 3.05) is 5.32 Å². The van der Waals surface area contributed by atoms with Gasteiger partial charge in [-0.2, -0.15) is 0 Å². The molecule has 1 N–H and O–H groups in total. The summed E-state index contributed by atoms with van der Waals surface area (Å²) in [4.78, 5) is 13.4. The Labute approximate surface area is 202 Å². The number of para-hydroxylation sites is 1. The van der Waals surface area contributed by atoms with E-state index in [1.165, 1.54) is 0 Å². The highest BCUT2D eigenvalue weighted by atomic mass is 16.5. The van der Waals surface area contributed by atoms with Gasteiger partial charge in [0.2, 0.25) is 5.88 Å². The van der Waals surface area contributed by atoms with E-state index >= 15 is 0 Å². The third-order valence-electron chi connectivity index (χ3n) is 5.94. The number of nitrogens with zero attached hydrogens (tertiary/aromatic N) is 3. The Morgan fingerprint density at radius 2 is 1.57 bits per heavy atom. The van der Waals surface area contributed by atoms with Gasteiger partial charge in [-0.05, 0) is 54.1 Å². The van der Waals surface area contributed by atoms with E-state index in [0.717, 1.165) is 22.2 Å². The molecule has 6 rings (SSSR count). The quantitative estimate of drug-likeness (QED) is 0.328. The van der Waals surface area contributed by atoms with E-state index in [2.05, 4.69) is 27.1 Å². The number of fused-ring (bicyclic) bond motifs is 2. The van der Waals surface area contributed by atoms with E-state index in [1.807, 2.05) is 97.2 Å². The van der Waals surface area contributed by atoms with Crippen LogP contribution in [-0.2, 0) is 6.61 Å². The number of nitrogens with one attached hydrogen (secondary N) is 1. The number of rotatable bonds is 6. The van der Waals surface area contributed by atoms with E-state index in [9.17, 15) is 4.79 Å². The van der Waals surface area contributed by atoms with Crippen molar-refractivity contribution in [3.63, 3.8) is 0 Å². The molecule has 35 heavy (non-hydrogen) atoms. The van der Waals surface area contributed by atoms with Crippen LogP contribution >= 0.6 is 0 Å². The zero-order valence-corrected chi connectivity index (χ0v) is 18.8. The number of ether oxygens (including phenoxy) is 1. The number of carbonyl (C=O) groups is 1. The summed E-state index contributed by atoms with van der Waals surface area (Å²) in [6.45, 7) is 0.323. The second kappa shape index (κ2) is 8.83. The molecule has 6 aromatic rings. The van der Waals surface area contributed by atoms with Gasteiger partial charge in [0.05, 0.1) is 11.0 Å². The van der Waals surface area contributed by atoms with Crippen molar-refractivity contribution in [2.24, 2.45) is 0 Å². The Kier molecular flexibility index (Phi) is 5.24. The van der Waals surface area contributed by atoms with Crippen molar-refractivity contribution in [3.8, 4) is 11.6 Å². The van der Waals surface area contributed by atoms with Crippen LogP contribution in [0.1, 0.15) is 15.9 Å². The number of pyridine rings is 1.